The molecule has 8 heteroatoms. The molecule has 0 N–H and O–H groups in total. The molecule has 0 radical (unpaired) electrons. The van der Waals surface area contributed by atoms with Gasteiger partial charge in [-0.25, -0.2) is 14.2 Å². The topological polar surface area (TPSA) is 76.0 Å². The van der Waals surface area contributed by atoms with Gasteiger partial charge in [0, 0.05) is 5.39 Å². The maximum Gasteiger partial charge on any atom is 0.494 e. The molecule has 7 nitrogen and oxygen atoms in total. The van der Waals surface area contributed by atoms with Crippen molar-refractivity contribution in [3.05, 3.63) is 30.0 Å². The number of aromatic nitrogens is 1. The molecule has 1 aliphatic heterocycles. The van der Waals surface area contributed by atoms with Crippen LogP contribution >= 0.6 is 0 Å². The minimum Gasteiger partial charge on any atom is -0.464 e. The number of carbonyl (C=O) groups excluding carboxylic acids is 2. The Morgan fingerprint density at radius 1 is 1.03 bits per heavy atom. The molecule has 1 aromatic carbocycles. The number of carbonyl (C=O) groups is 2. The van der Waals surface area contributed by atoms with Crippen LogP contribution in [0.4, 0.5) is 4.79 Å². The fourth-order valence-electron chi connectivity index (χ4n) is 3.12. The second kappa shape index (κ2) is 6.88. The molecule has 0 atom stereocenters. The molecule has 0 amide bonds. The third kappa shape index (κ3) is 3.91. The van der Waals surface area contributed by atoms with E-state index in [0.29, 0.717) is 10.9 Å². The molecule has 0 bridgehead atoms. The Morgan fingerprint density at radius 2 is 1.62 bits per heavy atom. The molecule has 156 valence electrons. The first-order valence-electron chi connectivity index (χ1n) is 9.58. The molecule has 0 aliphatic carbocycles. The van der Waals surface area contributed by atoms with E-state index in [4.69, 9.17) is 18.8 Å². The molecule has 1 fully saturated rings. The van der Waals surface area contributed by atoms with Crippen LogP contribution < -0.4 is 5.46 Å². The zero-order valence-electron chi connectivity index (χ0n) is 18.3. The molecule has 1 saturated heterocycles. The zero-order valence-corrected chi connectivity index (χ0v) is 18.3. The van der Waals surface area contributed by atoms with Gasteiger partial charge in [-0.3, -0.25) is 0 Å². The van der Waals surface area contributed by atoms with Crippen molar-refractivity contribution in [1.29, 1.82) is 0 Å². The molecular weight excluding hydrogens is 373 g/mol. The van der Waals surface area contributed by atoms with E-state index in [1.807, 2.05) is 39.8 Å². The van der Waals surface area contributed by atoms with Gasteiger partial charge in [0.1, 0.15) is 11.3 Å². The molecule has 2 aromatic rings. The average Bonchev–Trinajstić information content (AvgIpc) is 3.06. The van der Waals surface area contributed by atoms with E-state index in [2.05, 4.69) is 0 Å². The molecule has 1 aromatic heterocycles. The van der Waals surface area contributed by atoms with E-state index in [0.717, 1.165) is 5.46 Å². The van der Waals surface area contributed by atoms with Crippen molar-refractivity contribution in [2.45, 2.75) is 65.3 Å². The number of fused-ring (bicyclic) bond motifs is 1. The van der Waals surface area contributed by atoms with E-state index in [-0.39, 0.29) is 5.69 Å². The fourth-order valence-corrected chi connectivity index (χ4v) is 3.12. The number of benzene rings is 1. The molecule has 0 unspecified atom stereocenters. The second-order valence-electron chi connectivity index (χ2n) is 9.24. The molecule has 0 spiro atoms. The summed E-state index contributed by atoms with van der Waals surface area (Å²) in [4.78, 5) is 25.1. The van der Waals surface area contributed by atoms with Crippen molar-refractivity contribution in [1.82, 2.24) is 4.57 Å². The van der Waals surface area contributed by atoms with E-state index < -0.39 is 36.0 Å². The van der Waals surface area contributed by atoms with Crippen molar-refractivity contribution < 1.29 is 28.4 Å². The Hall–Kier alpha value is -2.32. The molecule has 3 rings (SSSR count). The number of ether oxygens (including phenoxy) is 2. The first-order valence-corrected chi connectivity index (χ1v) is 9.58. The minimum absolute atomic E-state index is 0.0998. The largest absolute Gasteiger partial charge is 0.494 e. The highest BCUT2D eigenvalue weighted by Gasteiger charge is 2.51. The summed E-state index contributed by atoms with van der Waals surface area (Å²) in [5.74, 6) is -0.621. The van der Waals surface area contributed by atoms with Gasteiger partial charge in [-0.1, -0.05) is 12.1 Å². The Bertz CT molecular complexity index is 953. The maximum absolute atomic E-state index is 12.8. The number of hydrogen-bond acceptors (Lipinski definition) is 6. The van der Waals surface area contributed by atoms with E-state index in [1.165, 1.54) is 11.7 Å². The number of rotatable bonds is 2. The van der Waals surface area contributed by atoms with Crippen LogP contribution in [0.25, 0.3) is 10.9 Å². The number of methoxy groups -OCH3 is 1. The van der Waals surface area contributed by atoms with E-state index >= 15 is 0 Å². The summed E-state index contributed by atoms with van der Waals surface area (Å²) in [7, 11) is 0.728. The highest BCUT2D eigenvalue weighted by atomic mass is 16.7. The van der Waals surface area contributed by atoms with Crippen LogP contribution in [0, 0.1) is 0 Å². The Kier molecular flexibility index (Phi) is 5.08. The minimum atomic E-state index is -0.705. The quantitative estimate of drug-likeness (QED) is 0.566. The van der Waals surface area contributed by atoms with E-state index in [9.17, 15) is 9.59 Å². The van der Waals surface area contributed by atoms with Crippen molar-refractivity contribution in [3.63, 3.8) is 0 Å². The lowest BCUT2D eigenvalue weighted by Gasteiger charge is -2.32. The SMILES string of the molecule is COC(=O)c1cc2cc(B3OC(C)(C)C(C)(C)O3)ccc2n1C(=O)OC(C)(C)C. The second-order valence-corrected chi connectivity index (χ2v) is 9.24. The number of hydrogen-bond donors (Lipinski definition) is 0. The van der Waals surface area contributed by atoms with Crippen molar-refractivity contribution in [3.8, 4) is 0 Å². The monoisotopic (exact) mass is 401 g/mol. The van der Waals surface area contributed by atoms with Crippen LogP contribution in [-0.4, -0.2) is 47.7 Å². The smallest absolute Gasteiger partial charge is 0.464 e. The van der Waals surface area contributed by atoms with Gasteiger partial charge in [-0.05, 0) is 66.1 Å². The Balaban J connectivity index is 2.07. The zero-order chi connectivity index (χ0) is 21.8. The van der Waals surface area contributed by atoms with Gasteiger partial charge in [0.2, 0.25) is 0 Å². The van der Waals surface area contributed by atoms with Gasteiger partial charge in [0.25, 0.3) is 0 Å². The Morgan fingerprint density at radius 3 is 2.14 bits per heavy atom. The van der Waals surface area contributed by atoms with Crippen LogP contribution in [0.15, 0.2) is 24.3 Å². The van der Waals surface area contributed by atoms with Crippen LogP contribution in [-0.2, 0) is 18.8 Å². The fraction of sp³-hybridized carbons (Fsp3) is 0.524. The molecule has 0 saturated carbocycles. The standard InChI is InChI=1S/C21H28BNO6/c1-19(2,3)27-18(25)23-15-10-9-14(11-13(15)12-16(23)17(24)26-8)22-28-20(4,5)21(6,7)29-22/h9-12H,1-8H3. The first-order chi connectivity index (χ1) is 13.3. The normalized spacial score (nSPS) is 18.1. The van der Waals surface area contributed by atoms with Crippen molar-refractivity contribution >= 4 is 35.5 Å². The van der Waals surface area contributed by atoms with Gasteiger partial charge in [-0.15, -0.1) is 0 Å². The third-order valence-electron chi connectivity index (χ3n) is 5.32. The van der Waals surface area contributed by atoms with Crippen molar-refractivity contribution in [2.75, 3.05) is 7.11 Å². The predicted molar refractivity (Wildman–Crippen MR) is 111 cm³/mol. The van der Waals surface area contributed by atoms with Crippen LogP contribution in [0.2, 0.25) is 0 Å². The summed E-state index contributed by atoms with van der Waals surface area (Å²) in [6.45, 7) is 13.2. The van der Waals surface area contributed by atoms with Gasteiger partial charge >= 0.3 is 19.2 Å². The number of nitrogens with zero attached hydrogens (tertiary/aromatic N) is 1. The van der Waals surface area contributed by atoms with Crippen LogP contribution in [0.5, 0.6) is 0 Å². The predicted octanol–water partition coefficient (Wildman–Crippen LogP) is 3.51. The third-order valence-corrected chi connectivity index (χ3v) is 5.32. The molecule has 29 heavy (non-hydrogen) atoms. The van der Waals surface area contributed by atoms with Gasteiger partial charge in [-0.2, -0.15) is 0 Å². The molecule has 1 aliphatic rings. The van der Waals surface area contributed by atoms with Gasteiger partial charge in [0.05, 0.1) is 23.8 Å². The maximum atomic E-state index is 12.8. The van der Waals surface area contributed by atoms with Crippen LogP contribution in [0.1, 0.15) is 59.0 Å². The van der Waals surface area contributed by atoms with Gasteiger partial charge in [0.15, 0.2) is 0 Å². The molecular formula is C21H28BNO6. The Labute approximate surface area is 171 Å². The summed E-state index contributed by atoms with van der Waals surface area (Å²) >= 11 is 0. The van der Waals surface area contributed by atoms with Crippen molar-refractivity contribution in [2.24, 2.45) is 0 Å². The summed E-state index contributed by atoms with van der Waals surface area (Å²) in [5.41, 5.74) is -0.195. The van der Waals surface area contributed by atoms with Crippen LogP contribution in [0.3, 0.4) is 0 Å². The highest BCUT2D eigenvalue weighted by Crippen LogP contribution is 2.36. The summed E-state index contributed by atoms with van der Waals surface area (Å²) in [6.07, 6.45) is -0.642. The lowest BCUT2D eigenvalue weighted by Crippen LogP contribution is -2.41. The summed E-state index contributed by atoms with van der Waals surface area (Å²) < 4.78 is 23.8. The lowest BCUT2D eigenvalue weighted by atomic mass is 9.78. The average molecular weight is 401 g/mol. The summed E-state index contributed by atoms with van der Waals surface area (Å²) in [6, 6.07) is 7.04. The lowest BCUT2D eigenvalue weighted by molar-refractivity contribution is 0.00578. The molecule has 2 heterocycles. The summed E-state index contributed by atoms with van der Waals surface area (Å²) in [5, 5.41) is 0.684. The first kappa shape index (κ1) is 21.4. The number of esters is 1. The van der Waals surface area contributed by atoms with E-state index in [1.54, 1.807) is 32.9 Å². The van der Waals surface area contributed by atoms with Gasteiger partial charge < -0.3 is 18.8 Å². The highest BCUT2D eigenvalue weighted by molar-refractivity contribution is 6.62.